The molecule has 0 aliphatic carbocycles. The molecule has 3 nitrogen and oxygen atoms in total. The summed E-state index contributed by atoms with van der Waals surface area (Å²) >= 11 is 1.69. The van der Waals surface area contributed by atoms with Crippen LogP contribution in [0.15, 0.2) is 41.8 Å². The first-order valence-corrected chi connectivity index (χ1v) is 6.32. The minimum atomic E-state index is -0.0618. The quantitative estimate of drug-likeness (QED) is 0.855. The molecule has 1 aromatic heterocycles. The van der Waals surface area contributed by atoms with Crippen molar-refractivity contribution in [1.82, 2.24) is 0 Å². The average molecular weight is 249 g/mol. The Hall–Kier alpha value is -1.52. The molecule has 17 heavy (non-hydrogen) atoms. The molecule has 0 saturated carbocycles. The molecule has 0 saturated heterocycles. The number of phenolic OH excluding ortho intramolecular Hbond substituents is 1. The molecule has 2 aromatic rings. The van der Waals surface area contributed by atoms with Gasteiger partial charge in [0.1, 0.15) is 6.61 Å². The van der Waals surface area contributed by atoms with E-state index in [2.05, 4.69) is 6.07 Å². The van der Waals surface area contributed by atoms with Crippen molar-refractivity contribution < 1.29 is 9.84 Å². The molecule has 0 aliphatic rings. The summed E-state index contributed by atoms with van der Waals surface area (Å²) in [6.45, 7) is 0.398. The van der Waals surface area contributed by atoms with E-state index in [4.69, 9.17) is 10.5 Å². The van der Waals surface area contributed by atoms with Gasteiger partial charge < -0.3 is 15.6 Å². The van der Waals surface area contributed by atoms with Gasteiger partial charge >= 0.3 is 0 Å². The van der Waals surface area contributed by atoms with E-state index in [9.17, 15) is 5.11 Å². The summed E-state index contributed by atoms with van der Waals surface area (Å²) in [4.78, 5) is 1.25. The lowest BCUT2D eigenvalue weighted by molar-refractivity contribution is 0.274. The molecule has 0 radical (unpaired) electrons. The lowest BCUT2D eigenvalue weighted by atomic mass is 10.2. The molecule has 90 valence electrons. The minimum absolute atomic E-state index is 0.0618. The Morgan fingerprint density at radius 3 is 2.76 bits per heavy atom. The molecule has 0 amide bonds. The number of thiophene rings is 1. The monoisotopic (exact) mass is 249 g/mol. The minimum Gasteiger partial charge on any atom is -0.504 e. The third-order valence-electron chi connectivity index (χ3n) is 2.36. The van der Waals surface area contributed by atoms with Crippen molar-refractivity contribution >= 4 is 11.3 Å². The van der Waals surface area contributed by atoms with E-state index in [0.29, 0.717) is 12.4 Å². The van der Waals surface area contributed by atoms with Gasteiger partial charge in [-0.05, 0) is 23.6 Å². The van der Waals surface area contributed by atoms with Crippen LogP contribution in [0, 0.1) is 0 Å². The number of aromatic hydroxyl groups is 1. The molecule has 0 fully saturated rings. The van der Waals surface area contributed by atoms with Crippen LogP contribution in [0.2, 0.25) is 0 Å². The van der Waals surface area contributed by atoms with Crippen LogP contribution in [-0.2, 0) is 6.42 Å². The van der Waals surface area contributed by atoms with Gasteiger partial charge in [-0.1, -0.05) is 18.2 Å². The van der Waals surface area contributed by atoms with Gasteiger partial charge in [0.2, 0.25) is 0 Å². The maximum absolute atomic E-state index is 9.52. The molecule has 0 spiro atoms. The average Bonchev–Trinajstić information content (AvgIpc) is 2.81. The fourth-order valence-electron chi connectivity index (χ4n) is 1.52. The largest absolute Gasteiger partial charge is 0.504 e. The third-order valence-corrected chi connectivity index (χ3v) is 3.26. The van der Waals surface area contributed by atoms with Gasteiger partial charge in [-0.2, -0.15) is 0 Å². The molecule has 1 unspecified atom stereocenters. The molecule has 1 aromatic carbocycles. The van der Waals surface area contributed by atoms with E-state index >= 15 is 0 Å². The van der Waals surface area contributed by atoms with Crippen LogP contribution in [0.25, 0.3) is 0 Å². The van der Waals surface area contributed by atoms with E-state index < -0.39 is 0 Å². The Morgan fingerprint density at radius 1 is 1.24 bits per heavy atom. The van der Waals surface area contributed by atoms with E-state index in [0.717, 1.165) is 6.42 Å². The number of ether oxygens (including phenoxy) is 1. The predicted octanol–water partition coefficient (Wildman–Crippen LogP) is 2.40. The van der Waals surface area contributed by atoms with Gasteiger partial charge in [-0.3, -0.25) is 0 Å². The van der Waals surface area contributed by atoms with Crippen molar-refractivity contribution in [1.29, 1.82) is 0 Å². The highest BCUT2D eigenvalue weighted by Crippen LogP contribution is 2.24. The first-order valence-electron chi connectivity index (χ1n) is 5.44. The zero-order chi connectivity index (χ0) is 12.1. The summed E-state index contributed by atoms with van der Waals surface area (Å²) in [6, 6.07) is 10.9. The van der Waals surface area contributed by atoms with Crippen molar-refractivity contribution in [3.63, 3.8) is 0 Å². The van der Waals surface area contributed by atoms with Gasteiger partial charge in [-0.25, -0.2) is 0 Å². The van der Waals surface area contributed by atoms with E-state index in [1.54, 1.807) is 29.5 Å². The van der Waals surface area contributed by atoms with E-state index in [1.807, 2.05) is 17.5 Å². The SMILES string of the molecule is NC(COc1ccccc1O)Cc1cccs1. The summed E-state index contributed by atoms with van der Waals surface area (Å²) in [7, 11) is 0. The van der Waals surface area contributed by atoms with Crippen molar-refractivity contribution in [2.75, 3.05) is 6.61 Å². The van der Waals surface area contributed by atoms with Gasteiger partial charge in [0.15, 0.2) is 11.5 Å². The zero-order valence-electron chi connectivity index (χ0n) is 9.37. The molecule has 3 N–H and O–H groups in total. The topological polar surface area (TPSA) is 55.5 Å². The number of rotatable bonds is 5. The lowest BCUT2D eigenvalue weighted by Gasteiger charge is -2.13. The molecule has 2 rings (SSSR count). The van der Waals surface area contributed by atoms with Crippen molar-refractivity contribution in [2.24, 2.45) is 5.73 Å². The van der Waals surface area contributed by atoms with Gasteiger partial charge in [0, 0.05) is 17.3 Å². The summed E-state index contributed by atoms with van der Waals surface area (Å²) in [5.41, 5.74) is 5.96. The third kappa shape index (κ3) is 3.47. The van der Waals surface area contributed by atoms with Crippen LogP contribution in [0.5, 0.6) is 11.5 Å². The summed E-state index contributed by atoms with van der Waals surface area (Å²) in [6.07, 6.45) is 0.797. The van der Waals surface area contributed by atoms with Gasteiger partial charge in [0.25, 0.3) is 0 Å². The predicted molar refractivity (Wildman–Crippen MR) is 69.6 cm³/mol. The Kier molecular flexibility index (Phi) is 4.01. The normalized spacial score (nSPS) is 12.3. The fraction of sp³-hybridized carbons (Fsp3) is 0.231. The highest BCUT2D eigenvalue weighted by Gasteiger charge is 2.07. The molecule has 0 bridgehead atoms. The number of benzene rings is 1. The van der Waals surface area contributed by atoms with Crippen LogP contribution in [0.3, 0.4) is 0 Å². The molecule has 1 heterocycles. The first-order chi connectivity index (χ1) is 8.25. The van der Waals surface area contributed by atoms with Crippen LogP contribution in [-0.4, -0.2) is 17.8 Å². The van der Waals surface area contributed by atoms with E-state index in [-0.39, 0.29) is 11.8 Å². The smallest absolute Gasteiger partial charge is 0.160 e. The molecular formula is C13H15NO2S. The highest BCUT2D eigenvalue weighted by molar-refractivity contribution is 7.09. The van der Waals surface area contributed by atoms with Crippen LogP contribution < -0.4 is 10.5 Å². The number of hydrogen-bond acceptors (Lipinski definition) is 4. The standard InChI is InChI=1S/C13H15NO2S/c14-10(8-11-4-3-7-17-11)9-16-13-6-2-1-5-12(13)15/h1-7,10,15H,8-9,14H2. The second kappa shape index (κ2) is 5.70. The number of para-hydroxylation sites is 2. The summed E-state index contributed by atoms with van der Waals surface area (Å²) in [5, 5.41) is 11.5. The van der Waals surface area contributed by atoms with Crippen LogP contribution >= 0.6 is 11.3 Å². The van der Waals surface area contributed by atoms with Gasteiger partial charge in [0.05, 0.1) is 0 Å². The number of nitrogens with two attached hydrogens (primary N) is 1. The van der Waals surface area contributed by atoms with Crippen LogP contribution in [0.4, 0.5) is 0 Å². The Morgan fingerprint density at radius 2 is 2.06 bits per heavy atom. The second-order valence-electron chi connectivity index (χ2n) is 3.82. The van der Waals surface area contributed by atoms with Gasteiger partial charge in [-0.15, -0.1) is 11.3 Å². The lowest BCUT2D eigenvalue weighted by Crippen LogP contribution is -2.29. The molecule has 1 atom stereocenters. The highest BCUT2D eigenvalue weighted by atomic mass is 32.1. The maximum atomic E-state index is 9.52. The van der Waals surface area contributed by atoms with Crippen molar-refractivity contribution in [3.8, 4) is 11.5 Å². The maximum Gasteiger partial charge on any atom is 0.160 e. The molecule has 0 aliphatic heterocycles. The summed E-state index contributed by atoms with van der Waals surface area (Å²) < 4.78 is 5.48. The number of phenols is 1. The first kappa shape index (κ1) is 12.0. The van der Waals surface area contributed by atoms with Crippen molar-refractivity contribution in [3.05, 3.63) is 46.7 Å². The fourth-order valence-corrected chi connectivity index (χ4v) is 2.32. The number of hydrogen-bond donors (Lipinski definition) is 2. The zero-order valence-corrected chi connectivity index (χ0v) is 10.2. The Bertz CT molecular complexity index is 456. The molecule has 4 heteroatoms. The second-order valence-corrected chi connectivity index (χ2v) is 4.85. The summed E-state index contributed by atoms with van der Waals surface area (Å²) in [5.74, 6) is 0.630. The van der Waals surface area contributed by atoms with E-state index in [1.165, 1.54) is 4.88 Å². The molecular weight excluding hydrogens is 234 g/mol. The van der Waals surface area contributed by atoms with Crippen LogP contribution in [0.1, 0.15) is 4.88 Å². The van der Waals surface area contributed by atoms with Crippen molar-refractivity contribution in [2.45, 2.75) is 12.5 Å². The Balaban J connectivity index is 1.84. The Labute approximate surface area is 104 Å².